The molecule has 106 valence electrons. The van der Waals surface area contributed by atoms with Gasteiger partial charge in [-0.1, -0.05) is 31.5 Å². The Balaban J connectivity index is 2.62. The number of benzene rings is 1. The maximum Gasteiger partial charge on any atom is 0.138 e. The van der Waals surface area contributed by atoms with Crippen LogP contribution in [0.4, 0.5) is 5.82 Å². The van der Waals surface area contributed by atoms with Gasteiger partial charge < -0.3 is 10.5 Å². The van der Waals surface area contributed by atoms with Crippen molar-refractivity contribution in [2.45, 2.75) is 26.7 Å². The van der Waals surface area contributed by atoms with Crippen LogP contribution in [0.1, 0.15) is 31.2 Å². The number of halogens is 1. The van der Waals surface area contributed by atoms with E-state index in [0.717, 1.165) is 22.6 Å². The zero-order chi connectivity index (χ0) is 14.9. The third-order valence-electron chi connectivity index (χ3n) is 3.14. The van der Waals surface area contributed by atoms with E-state index in [1.165, 1.54) is 0 Å². The van der Waals surface area contributed by atoms with Gasteiger partial charge >= 0.3 is 0 Å². The molecule has 1 aromatic heterocycles. The number of nitrogens with two attached hydrogens (primary N) is 1. The number of anilines is 1. The summed E-state index contributed by atoms with van der Waals surface area (Å²) in [6.45, 7) is 5.99. The summed E-state index contributed by atoms with van der Waals surface area (Å²) >= 11 is 6.05. The van der Waals surface area contributed by atoms with Crippen LogP contribution in [0.3, 0.4) is 0 Å². The minimum atomic E-state index is 0.214. The molecule has 2 N–H and O–H groups in total. The van der Waals surface area contributed by atoms with Crippen LogP contribution in [0, 0.1) is 6.92 Å². The van der Waals surface area contributed by atoms with E-state index >= 15 is 0 Å². The molecule has 20 heavy (non-hydrogen) atoms. The average Bonchev–Trinajstić information content (AvgIpc) is 2.42. The van der Waals surface area contributed by atoms with E-state index in [4.69, 9.17) is 22.1 Å². The zero-order valence-corrected chi connectivity index (χ0v) is 12.8. The van der Waals surface area contributed by atoms with E-state index in [2.05, 4.69) is 9.97 Å². The Morgan fingerprint density at radius 3 is 2.55 bits per heavy atom. The van der Waals surface area contributed by atoms with Gasteiger partial charge in [-0.15, -0.1) is 0 Å². The van der Waals surface area contributed by atoms with Crippen LogP contribution in [-0.4, -0.2) is 17.1 Å². The summed E-state index contributed by atoms with van der Waals surface area (Å²) in [5, 5.41) is 0.569. The van der Waals surface area contributed by atoms with Crippen LogP contribution in [0.5, 0.6) is 5.75 Å². The number of nitrogen functional groups attached to an aromatic ring is 1. The van der Waals surface area contributed by atoms with Gasteiger partial charge in [0.25, 0.3) is 0 Å². The summed E-state index contributed by atoms with van der Waals surface area (Å²) in [6, 6.07) is 5.56. The van der Waals surface area contributed by atoms with Crippen LogP contribution in [-0.2, 0) is 0 Å². The third-order valence-corrected chi connectivity index (χ3v) is 3.45. The zero-order valence-electron chi connectivity index (χ0n) is 12.1. The van der Waals surface area contributed by atoms with Gasteiger partial charge in [-0.2, -0.15) is 0 Å². The lowest BCUT2D eigenvalue weighted by molar-refractivity contribution is 0.415. The van der Waals surface area contributed by atoms with Gasteiger partial charge in [0.05, 0.1) is 17.8 Å². The molecule has 0 aliphatic carbocycles. The van der Waals surface area contributed by atoms with Crippen molar-refractivity contribution in [1.29, 1.82) is 0 Å². The number of nitrogens with zero attached hydrogens (tertiary/aromatic N) is 2. The number of hydrogen-bond acceptors (Lipinski definition) is 4. The number of methoxy groups -OCH3 is 1. The summed E-state index contributed by atoms with van der Waals surface area (Å²) in [4.78, 5) is 8.95. The van der Waals surface area contributed by atoms with E-state index in [-0.39, 0.29) is 5.92 Å². The molecule has 0 saturated carbocycles. The summed E-state index contributed by atoms with van der Waals surface area (Å²) in [5.74, 6) is 2.07. The highest BCUT2D eigenvalue weighted by molar-refractivity contribution is 6.32. The average molecular weight is 292 g/mol. The molecule has 5 heteroatoms. The first-order chi connectivity index (χ1) is 9.43. The summed E-state index contributed by atoms with van der Waals surface area (Å²) in [7, 11) is 1.59. The van der Waals surface area contributed by atoms with Crippen LogP contribution >= 0.6 is 11.6 Å². The van der Waals surface area contributed by atoms with Gasteiger partial charge in [0.2, 0.25) is 0 Å². The molecule has 0 amide bonds. The van der Waals surface area contributed by atoms with Crippen molar-refractivity contribution >= 4 is 17.4 Å². The second-order valence-corrected chi connectivity index (χ2v) is 5.35. The highest BCUT2D eigenvalue weighted by atomic mass is 35.5. The fourth-order valence-electron chi connectivity index (χ4n) is 1.90. The highest BCUT2D eigenvalue weighted by Crippen LogP contribution is 2.32. The summed E-state index contributed by atoms with van der Waals surface area (Å²) < 4.78 is 5.25. The Morgan fingerprint density at radius 1 is 1.25 bits per heavy atom. The Kier molecular flexibility index (Phi) is 4.14. The van der Waals surface area contributed by atoms with E-state index in [1.807, 2.05) is 32.9 Å². The Hall–Kier alpha value is -1.81. The molecule has 2 aromatic rings. The first-order valence-corrected chi connectivity index (χ1v) is 6.79. The quantitative estimate of drug-likeness (QED) is 0.934. The molecule has 0 spiro atoms. The third kappa shape index (κ3) is 2.70. The predicted molar refractivity (Wildman–Crippen MR) is 82.3 cm³/mol. The van der Waals surface area contributed by atoms with Gasteiger partial charge in [0.15, 0.2) is 0 Å². The van der Waals surface area contributed by atoms with Crippen LogP contribution in [0.2, 0.25) is 5.02 Å². The van der Waals surface area contributed by atoms with Crippen molar-refractivity contribution < 1.29 is 4.74 Å². The smallest absolute Gasteiger partial charge is 0.138 e. The molecule has 0 radical (unpaired) electrons. The Bertz CT molecular complexity index is 641. The first kappa shape index (κ1) is 14.6. The number of hydrogen-bond donors (Lipinski definition) is 1. The van der Waals surface area contributed by atoms with E-state index < -0.39 is 0 Å². The Morgan fingerprint density at radius 2 is 1.95 bits per heavy atom. The maximum atomic E-state index is 6.05. The summed E-state index contributed by atoms with van der Waals surface area (Å²) in [5.41, 5.74) is 8.58. The molecule has 0 atom stereocenters. The normalized spacial score (nSPS) is 10.9. The predicted octanol–water partition coefficient (Wildman–Crippen LogP) is 3.82. The van der Waals surface area contributed by atoms with Crippen molar-refractivity contribution in [2.75, 3.05) is 12.8 Å². The highest BCUT2D eigenvalue weighted by Gasteiger charge is 2.14. The Labute approximate surface area is 124 Å². The second-order valence-electron chi connectivity index (χ2n) is 4.94. The second kappa shape index (κ2) is 5.67. The molecular formula is C15H18ClN3O. The van der Waals surface area contributed by atoms with E-state index in [9.17, 15) is 0 Å². The fraction of sp³-hybridized carbons (Fsp3) is 0.333. The van der Waals surface area contributed by atoms with Crippen molar-refractivity contribution in [2.24, 2.45) is 0 Å². The molecule has 0 aliphatic rings. The fourth-order valence-corrected chi connectivity index (χ4v) is 2.09. The molecule has 0 unspecified atom stereocenters. The summed E-state index contributed by atoms with van der Waals surface area (Å²) in [6.07, 6.45) is 0. The van der Waals surface area contributed by atoms with Crippen molar-refractivity contribution in [3.63, 3.8) is 0 Å². The largest absolute Gasteiger partial charge is 0.495 e. The molecule has 0 aliphatic heterocycles. The molecule has 0 saturated heterocycles. The van der Waals surface area contributed by atoms with Gasteiger partial charge in [-0.3, -0.25) is 0 Å². The topological polar surface area (TPSA) is 61.0 Å². The standard InChI is InChI=1S/C15H18ClN3O/c1-8(2)15-18-13(9(3)14(17)19-15)10-5-6-11(16)12(7-10)20-4/h5-8H,1-4H3,(H2,17,18,19). The lowest BCUT2D eigenvalue weighted by Crippen LogP contribution is -2.06. The minimum absolute atomic E-state index is 0.214. The molecule has 1 heterocycles. The van der Waals surface area contributed by atoms with Crippen LogP contribution < -0.4 is 10.5 Å². The van der Waals surface area contributed by atoms with Crippen molar-refractivity contribution in [3.8, 4) is 17.0 Å². The molecule has 0 bridgehead atoms. The molecule has 0 fully saturated rings. The lowest BCUT2D eigenvalue weighted by Gasteiger charge is -2.13. The maximum absolute atomic E-state index is 6.05. The van der Waals surface area contributed by atoms with Gasteiger partial charge in [-0.25, -0.2) is 9.97 Å². The minimum Gasteiger partial charge on any atom is -0.495 e. The number of aromatic nitrogens is 2. The number of ether oxygens (including phenoxy) is 1. The number of rotatable bonds is 3. The monoisotopic (exact) mass is 291 g/mol. The van der Waals surface area contributed by atoms with Crippen LogP contribution in [0.15, 0.2) is 18.2 Å². The van der Waals surface area contributed by atoms with E-state index in [0.29, 0.717) is 16.6 Å². The molecular weight excluding hydrogens is 274 g/mol. The van der Waals surface area contributed by atoms with E-state index in [1.54, 1.807) is 13.2 Å². The van der Waals surface area contributed by atoms with Gasteiger partial charge in [0, 0.05) is 17.0 Å². The van der Waals surface area contributed by atoms with Crippen LogP contribution in [0.25, 0.3) is 11.3 Å². The first-order valence-electron chi connectivity index (χ1n) is 6.42. The molecule has 4 nitrogen and oxygen atoms in total. The van der Waals surface area contributed by atoms with Crippen molar-refractivity contribution in [1.82, 2.24) is 9.97 Å². The van der Waals surface area contributed by atoms with Gasteiger partial charge in [0.1, 0.15) is 17.4 Å². The molecule has 2 rings (SSSR count). The van der Waals surface area contributed by atoms with Crippen molar-refractivity contribution in [3.05, 3.63) is 34.6 Å². The van der Waals surface area contributed by atoms with Gasteiger partial charge in [-0.05, 0) is 19.1 Å². The SMILES string of the molecule is COc1cc(-c2nc(C(C)C)nc(N)c2C)ccc1Cl. The molecule has 1 aromatic carbocycles. The lowest BCUT2D eigenvalue weighted by atomic mass is 10.1.